The maximum atomic E-state index is 11.5. The van der Waals surface area contributed by atoms with Gasteiger partial charge >= 0.3 is 0 Å². The van der Waals surface area contributed by atoms with Crippen molar-refractivity contribution in [2.75, 3.05) is 6.54 Å². The fourth-order valence-corrected chi connectivity index (χ4v) is 1.28. The lowest BCUT2D eigenvalue weighted by Crippen LogP contribution is -2.33. The maximum Gasteiger partial charge on any atom is 0.267 e. The van der Waals surface area contributed by atoms with Gasteiger partial charge in [0.25, 0.3) is 5.91 Å². The van der Waals surface area contributed by atoms with E-state index in [4.69, 9.17) is 5.26 Å². The van der Waals surface area contributed by atoms with Crippen LogP contribution in [0.15, 0.2) is 16.7 Å². The van der Waals surface area contributed by atoms with Gasteiger partial charge in [-0.05, 0) is 35.8 Å². The molecular formula is C10H12BrN3O. The van der Waals surface area contributed by atoms with Gasteiger partial charge < -0.3 is 10.3 Å². The number of aromatic nitrogens is 1. The molecule has 4 nitrogen and oxygen atoms in total. The van der Waals surface area contributed by atoms with Crippen molar-refractivity contribution in [3.05, 3.63) is 22.4 Å². The lowest BCUT2D eigenvalue weighted by atomic mass is 9.96. The Bertz CT molecular complexity index is 403. The monoisotopic (exact) mass is 269 g/mol. The van der Waals surface area contributed by atoms with Crippen molar-refractivity contribution in [1.82, 2.24) is 10.3 Å². The van der Waals surface area contributed by atoms with Crippen LogP contribution in [0.2, 0.25) is 0 Å². The van der Waals surface area contributed by atoms with Gasteiger partial charge in [-0.15, -0.1) is 0 Å². The number of halogens is 1. The molecule has 0 aromatic carbocycles. The Morgan fingerprint density at radius 3 is 2.87 bits per heavy atom. The molecule has 0 saturated carbocycles. The molecule has 0 saturated heterocycles. The standard InChI is InChI=1S/C10H12BrN3O/c1-10(2,5-12)6-14-9(15)8-3-7(11)4-13-8/h3-4,13H,6H2,1-2H3,(H,14,15). The fourth-order valence-electron chi connectivity index (χ4n) is 0.935. The molecule has 0 aliphatic carbocycles. The molecule has 1 rings (SSSR count). The summed E-state index contributed by atoms with van der Waals surface area (Å²) in [6.45, 7) is 3.88. The van der Waals surface area contributed by atoms with Gasteiger partial charge in [0.15, 0.2) is 0 Å². The minimum absolute atomic E-state index is 0.205. The number of H-pyrrole nitrogens is 1. The normalized spacial score (nSPS) is 10.8. The summed E-state index contributed by atoms with van der Waals surface area (Å²) in [5.41, 5.74) is -0.0601. The third-order valence-electron chi connectivity index (χ3n) is 1.89. The van der Waals surface area contributed by atoms with Crippen LogP contribution in [0.5, 0.6) is 0 Å². The number of nitriles is 1. The summed E-state index contributed by atoms with van der Waals surface area (Å²) in [6.07, 6.45) is 1.68. The zero-order valence-corrected chi connectivity index (χ0v) is 10.2. The number of carbonyl (C=O) groups excluding carboxylic acids is 1. The van der Waals surface area contributed by atoms with Crippen LogP contribution in [-0.4, -0.2) is 17.4 Å². The van der Waals surface area contributed by atoms with E-state index in [1.165, 1.54) is 0 Å². The Kier molecular flexibility index (Phi) is 3.53. The second-order valence-corrected chi connectivity index (χ2v) is 4.83. The highest BCUT2D eigenvalue weighted by Crippen LogP contribution is 2.13. The largest absolute Gasteiger partial charge is 0.356 e. The summed E-state index contributed by atoms with van der Waals surface area (Å²) < 4.78 is 0.826. The summed E-state index contributed by atoms with van der Waals surface area (Å²) in [6, 6.07) is 3.81. The van der Waals surface area contributed by atoms with E-state index in [9.17, 15) is 4.79 Å². The number of hydrogen-bond donors (Lipinski definition) is 2. The molecule has 0 radical (unpaired) electrons. The average Bonchev–Trinajstić information content (AvgIpc) is 2.61. The van der Waals surface area contributed by atoms with Gasteiger partial charge in [-0.1, -0.05) is 0 Å². The molecular weight excluding hydrogens is 258 g/mol. The topological polar surface area (TPSA) is 68.7 Å². The van der Waals surface area contributed by atoms with Gasteiger partial charge in [0.2, 0.25) is 0 Å². The zero-order chi connectivity index (χ0) is 11.5. The molecule has 80 valence electrons. The summed E-state index contributed by atoms with van der Waals surface area (Å²) in [5, 5.41) is 11.5. The first-order valence-corrected chi connectivity index (χ1v) is 5.27. The maximum absolute atomic E-state index is 11.5. The van der Waals surface area contributed by atoms with Gasteiger partial charge in [-0.25, -0.2) is 0 Å². The van der Waals surface area contributed by atoms with E-state index in [0.29, 0.717) is 12.2 Å². The Morgan fingerprint density at radius 1 is 1.73 bits per heavy atom. The smallest absolute Gasteiger partial charge is 0.267 e. The summed E-state index contributed by atoms with van der Waals surface area (Å²) >= 11 is 3.24. The predicted molar refractivity (Wildman–Crippen MR) is 60.2 cm³/mol. The molecule has 2 N–H and O–H groups in total. The van der Waals surface area contributed by atoms with Crippen molar-refractivity contribution >= 4 is 21.8 Å². The van der Waals surface area contributed by atoms with Gasteiger partial charge in [-0.2, -0.15) is 5.26 Å². The number of nitrogens with zero attached hydrogens (tertiary/aromatic N) is 1. The summed E-state index contributed by atoms with van der Waals surface area (Å²) in [5.74, 6) is -0.205. The van der Waals surface area contributed by atoms with E-state index < -0.39 is 5.41 Å². The third-order valence-corrected chi connectivity index (χ3v) is 2.34. The molecule has 0 fully saturated rings. The van der Waals surface area contributed by atoms with E-state index in [0.717, 1.165) is 4.47 Å². The number of hydrogen-bond acceptors (Lipinski definition) is 2. The number of carbonyl (C=O) groups is 1. The van der Waals surface area contributed by atoms with Crippen LogP contribution in [0.3, 0.4) is 0 Å². The van der Waals surface area contributed by atoms with E-state index in [1.807, 2.05) is 0 Å². The fraction of sp³-hybridized carbons (Fsp3) is 0.400. The van der Waals surface area contributed by atoms with E-state index in [1.54, 1.807) is 26.1 Å². The quantitative estimate of drug-likeness (QED) is 0.882. The average molecular weight is 270 g/mol. The van der Waals surface area contributed by atoms with Crippen molar-refractivity contribution in [2.24, 2.45) is 5.41 Å². The highest BCUT2D eigenvalue weighted by Gasteiger charge is 2.18. The molecule has 0 aliphatic rings. The van der Waals surface area contributed by atoms with E-state index >= 15 is 0 Å². The summed E-state index contributed by atoms with van der Waals surface area (Å²) in [7, 11) is 0. The molecule has 0 spiro atoms. The second kappa shape index (κ2) is 4.49. The van der Waals surface area contributed by atoms with Gasteiger partial charge in [0, 0.05) is 17.2 Å². The predicted octanol–water partition coefficient (Wildman–Crippen LogP) is 2.06. The molecule has 1 aromatic rings. The van der Waals surface area contributed by atoms with Crippen molar-refractivity contribution in [1.29, 1.82) is 5.26 Å². The second-order valence-electron chi connectivity index (χ2n) is 3.91. The molecule has 1 aromatic heterocycles. The molecule has 0 unspecified atom stereocenters. The van der Waals surface area contributed by atoms with Gasteiger partial charge in [-0.3, -0.25) is 4.79 Å². The Hall–Kier alpha value is -1.28. The van der Waals surface area contributed by atoms with Crippen molar-refractivity contribution in [3.63, 3.8) is 0 Å². The van der Waals surface area contributed by atoms with E-state index in [-0.39, 0.29) is 5.91 Å². The SMILES string of the molecule is CC(C)(C#N)CNC(=O)c1cc(Br)c[nH]1. The lowest BCUT2D eigenvalue weighted by molar-refractivity contribution is 0.0939. The lowest BCUT2D eigenvalue weighted by Gasteiger charge is -2.15. The number of nitrogens with one attached hydrogen (secondary N) is 2. The van der Waals surface area contributed by atoms with Crippen LogP contribution >= 0.6 is 15.9 Å². The number of aromatic amines is 1. The Morgan fingerprint density at radius 2 is 2.40 bits per heavy atom. The minimum atomic E-state index is -0.542. The van der Waals surface area contributed by atoms with Gasteiger partial charge in [0.1, 0.15) is 5.69 Å². The van der Waals surface area contributed by atoms with Crippen LogP contribution in [-0.2, 0) is 0 Å². The first kappa shape index (κ1) is 11.8. The molecule has 0 bridgehead atoms. The van der Waals surface area contributed by atoms with Crippen LogP contribution in [0.25, 0.3) is 0 Å². The van der Waals surface area contributed by atoms with Crippen LogP contribution in [0, 0.1) is 16.7 Å². The molecule has 15 heavy (non-hydrogen) atoms. The number of rotatable bonds is 3. The Balaban J connectivity index is 2.55. The van der Waals surface area contributed by atoms with Crippen LogP contribution in [0.1, 0.15) is 24.3 Å². The van der Waals surface area contributed by atoms with Crippen LogP contribution < -0.4 is 5.32 Å². The zero-order valence-electron chi connectivity index (χ0n) is 8.60. The van der Waals surface area contributed by atoms with Crippen molar-refractivity contribution in [2.45, 2.75) is 13.8 Å². The molecule has 1 amide bonds. The first-order valence-electron chi connectivity index (χ1n) is 4.48. The molecule has 0 aliphatic heterocycles. The number of amides is 1. The molecule has 5 heteroatoms. The minimum Gasteiger partial charge on any atom is -0.356 e. The molecule has 0 atom stereocenters. The highest BCUT2D eigenvalue weighted by atomic mass is 79.9. The Labute approximate surface area is 96.8 Å². The van der Waals surface area contributed by atoms with Gasteiger partial charge in [0.05, 0.1) is 11.5 Å². The van der Waals surface area contributed by atoms with Crippen molar-refractivity contribution < 1.29 is 4.79 Å². The van der Waals surface area contributed by atoms with E-state index in [2.05, 4.69) is 32.3 Å². The highest BCUT2D eigenvalue weighted by molar-refractivity contribution is 9.10. The molecule has 1 heterocycles. The first-order chi connectivity index (χ1) is 6.94. The third kappa shape index (κ3) is 3.40. The van der Waals surface area contributed by atoms with Crippen molar-refractivity contribution in [3.8, 4) is 6.07 Å². The summed E-state index contributed by atoms with van der Waals surface area (Å²) in [4.78, 5) is 14.4. The van der Waals surface area contributed by atoms with Crippen LogP contribution in [0.4, 0.5) is 0 Å².